The zero-order chi connectivity index (χ0) is 19.2. The van der Waals surface area contributed by atoms with Gasteiger partial charge in [-0.25, -0.2) is 0 Å². The van der Waals surface area contributed by atoms with E-state index in [0.29, 0.717) is 10.8 Å². The Morgan fingerprint density at radius 3 is 2.59 bits per heavy atom. The van der Waals surface area contributed by atoms with Crippen molar-refractivity contribution in [1.29, 1.82) is 0 Å². The summed E-state index contributed by atoms with van der Waals surface area (Å²) in [7, 11) is 0. The van der Waals surface area contributed by atoms with Crippen LogP contribution in [0.15, 0.2) is 22.8 Å². The van der Waals surface area contributed by atoms with E-state index in [0.717, 1.165) is 23.7 Å². The molecule has 0 amide bonds. The first-order chi connectivity index (χ1) is 12.9. The summed E-state index contributed by atoms with van der Waals surface area (Å²) in [6, 6.07) is 0. The van der Waals surface area contributed by atoms with Crippen molar-refractivity contribution in [2.75, 3.05) is 0 Å². The van der Waals surface area contributed by atoms with Crippen LogP contribution in [0.25, 0.3) is 0 Å². The van der Waals surface area contributed by atoms with Gasteiger partial charge in [0.1, 0.15) is 0 Å². The van der Waals surface area contributed by atoms with E-state index >= 15 is 0 Å². The van der Waals surface area contributed by atoms with Crippen LogP contribution in [-0.4, -0.2) is 0 Å². The third-order valence-electron chi connectivity index (χ3n) is 9.57. The summed E-state index contributed by atoms with van der Waals surface area (Å²) in [4.78, 5) is 0. The van der Waals surface area contributed by atoms with Gasteiger partial charge in [0.25, 0.3) is 0 Å². The molecule has 0 spiro atoms. The number of hydrogen-bond donors (Lipinski definition) is 0. The molecule has 4 aliphatic rings. The Balaban J connectivity index is 1.55. The molecule has 0 saturated heterocycles. The summed E-state index contributed by atoms with van der Waals surface area (Å²) < 4.78 is 0. The molecular formula is C27H44. The maximum Gasteiger partial charge on any atom is 0.00952 e. The van der Waals surface area contributed by atoms with Crippen LogP contribution < -0.4 is 0 Å². The highest BCUT2D eigenvalue weighted by Crippen LogP contribution is 2.65. The van der Waals surface area contributed by atoms with E-state index in [-0.39, 0.29) is 0 Å². The van der Waals surface area contributed by atoms with Crippen molar-refractivity contribution < 1.29 is 0 Å². The zero-order valence-corrected chi connectivity index (χ0v) is 18.9. The smallest absolute Gasteiger partial charge is 0.00952 e. The molecule has 4 aliphatic carbocycles. The summed E-state index contributed by atoms with van der Waals surface area (Å²) in [6.45, 7) is 12.7. The molecule has 0 N–H and O–H groups in total. The van der Waals surface area contributed by atoms with Gasteiger partial charge in [-0.05, 0) is 86.9 Å². The van der Waals surface area contributed by atoms with E-state index in [1.165, 1.54) is 77.0 Å². The van der Waals surface area contributed by atoms with Gasteiger partial charge in [0.2, 0.25) is 0 Å². The van der Waals surface area contributed by atoms with Crippen LogP contribution in [0, 0.1) is 34.5 Å². The lowest BCUT2D eigenvalue weighted by atomic mass is 9.53. The normalized spacial score (nSPS) is 39.7. The molecule has 0 heterocycles. The third kappa shape index (κ3) is 3.28. The number of rotatable bonds is 5. The van der Waals surface area contributed by atoms with E-state index in [1.54, 1.807) is 0 Å². The van der Waals surface area contributed by atoms with Crippen molar-refractivity contribution in [1.82, 2.24) is 0 Å². The van der Waals surface area contributed by atoms with Crippen molar-refractivity contribution >= 4 is 0 Å². The molecule has 1 fully saturated rings. The first-order valence-electron chi connectivity index (χ1n) is 12.3. The van der Waals surface area contributed by atoms with Gasteiger partial charge in [0.05, 0.1) is 0 Å². The van der Waals surface area contributed by atoms with Crippen LogP contribution in [-0.2, 0) is 0 Å². The average Bonchev–Trinajstić information content (AvgIpc) is 2.98. The van der Waals surface area contributed by atoms with Crippen LogP contribution in [0.2, 0.25) is 0 Å². The third-order valence-corrected chi connectivity index (χ3v) is 9.57. The summed E-state index contributed by atoms with van der Waals surface area (Å²) >= 11 is 0. The highest BCUT2D eigenvalue weighted by molar-refractivity contribution is 5.42. The van der Waals surface area contributed by atoms with Gasteiger partial charge in [-0.2, -0.15) is 0 Å². The molecular weight excluding hydrogens is 324 g/mol. The molecule has 0 aliphatic heterocycles. The first-order valence-corrected chi connectivity index (χ1v) is 12.3. The van der Waals surface area contributed by atoms with Crippen molar-refractivity contribution in [3.8, 4) is 0 Å². The molecule has 0 nitrogen and oxygen atoms in total. The summed E-state index contributed by atoms with van der Waals surface area (Å²) in [5.41, 5.74) is 6.75. The predicted octanol–water partition coefficient (Wildman–Crippen LogP) is 8.48. The second kappa shape index (κ2) is 7.38. The molecule has 0 aromatic rings. The van der Waals surface area contributed by atoms with Crippen LogP contribution in [0.3, 0.4) is 0 Å². The van der Waals surface area contributed by atoms with Gasteiger partial charge in [0, 0.05) is 5.41 Å². The van der Waals surface area contributed by atoms with Gasteiger partial charge < -0.3 is 0 Å². The quantitative estimate of drug-likeness (QED) is 0.427. The lowest BCUT2D eigenvalue weighted by Gasteiger charge is -2.52. The molecule has 0 aromatic carbocycles. The Hall–Kier alpha value is -0.520. The van der Waals surface area contributed by atoms with E-state index in [4.69, 9.17) is 0 Å². The fraction of sp³-hybridized carbons (Fsp3) is 0.852. The predicted molar refractivity (Wildman–Crippen MR) is 118 cm³/mol. The molecule has 4 rings (SSSR count). The van der Waals surface area contributed by atoms with E-state index in [9.17, 15) is 0 Å². The minimum Gasteiger partial charge on any atom is -0.0844 e. The molecule has 27 heavy (non-hydrogen) atoms. The van der Waals surface area contributed by atoms with Gasteiger partial charge in [-0.3, -0.25) is 0 Å². The minimum atomic E-state index is 0.453. The number of allylic oxidation sites excluding steroid dienone is 4. The Labute approximate surface area is 169 Å². The monoisotopic (exact) mass is 368 g/mol. The molecule has 0 unspecified atom stereocenters. The number of fused-ring (bicyclic) bond motifs is 4. The second-order valence-corrected chi connectivity index (χ2v) is 11.5. The summed E-state index contributed by atoms with van der Waals surface area (Å²) in [6.07, 6.45) is 19.7. The van der Waals surface area contributed by atoms with Gasteiger partial charge in [-0.1, -0.05) is 76.7 Å². The van der Waals surface area contributed by atoms with Crippen LogP contribution in [0.5, 0.6) is 0 Å². The van der Waals surface area contributed by atoms with Crippen LogP contribution in [0.1, 0.15) is 112 Å². The van der Waals surface area contributed by atoms with Crippen molar-refractivity contribution in [2.45, 2.75) is 112 Å². The number of hydrogen-bond acceptors (Lipinski definition) is 0. The molecule has 0 aromatic heterocycles. The van der Waals surface area contributed by atoms with Crippen molar-refractivity contribution in [3.63, 3.8) is 0 Å². The molecule has 1 saturated carbocycles. The topological polar surface area (TPSA) is 0 Å². The zero-order valence-electron chi connectivity index (χ0n) is 18.9. The van der Waals surface area contributed by atoms with E-state index in [1.807, 2.05) is 16.7 Å². The largest absolute Gasteiger partial charge is 0.0844 e. The highest BCUT2D eigenvalue weighted by atomic mass is 14.6. The first kappa shape index (κ1) is 19.8. The second-order valence-electron chi connectivity index (χ2n) is 11.5. The minimum absolute atomic E-state index is 0.453. The maximum atomic E-state index is 2.70. The lowest BCUT2D eigenvalue weighted by Crippen LogP contribution is -2.41. The van der Waals surface area contributed by atoms with Gasteiger partial charge in [-0.15, -0.1) is 0 Å². The molecule has 0 bridgehead atoms. The SMILES string of the molecule is CC(C)CCC[C@@H](C)[C@H]1CC[C@H]2C3=C(CC[C@]12C)[C@@]1(C)CCCC=C1CC3. The Kier molecular flexibility index (Phi) is 5.41. The van der Waals surface area contributed by atoms with Crippen LogP contribution >= 0.6 is 0 Å². The van der Waals surface area contributed by atoms with Gasteiger partial charge >= 0.3 is 0 Å². The van der Waals surface area contributed by atoms with Crippen LogP contribution in [0.4, 0.5) is 0 Å². The summed E-state index contributed by atoms with van der Waals surface area (Å²) in [5.74, 6) is 3.68. The molecule has 0 heteroatoms. The fourth-order valence-electron chi connectivity index (χ4n) is 8.01. The fourth-order valence-corrected chi connectivity index (χ4v) is 8.01. The Bertz CT molecular complexity index is 620. The highest BCUT2D eigenvalue weighted by Gasteiger charge is 2.54. The molecule has 152 valence electrons. The standard InChI is InChI=1S/C27H44/c1-19(2)9-8-10-20(3)23-14-15-24-22-13-12-21-11-6-7-17-26(21,4)25(22)16-18-27(23,24)5/h11,19-20,23-24H,6-10,12-18H2,1-5H3/t20-,23-,24+,26+,27-/m1/s1. The average molecular weight is 369 g/mol. The molecule has 0 radical (unpaired) electrons. The van der Waals surface area contributed by atoms with Crippen molar-refractivity contribution in [2.24, 2.45) is 34.5 Å². The van der Waals surface area contributed by atoms with E-state index in [2.05, 4.69) is 40.7 Å². The van der Waals surface area contributed by atoms with E-state index < -0.39 is 0 Å². The molecule has 5 atom stereocenters. The lowest BCUT2D eigenvalue weighted by molar-refractivity contribution is 0.0937. The van der Waals surface area contributed by atoms with Gasteiger partial charge in [0.15, 0.2) is 0 Å². The Morgan fingerprint density at radius 1 is 1.00 bits per heavy atom. The summed E-state index contributed by atoms with van der Waals surface area (Å²) in [5, 5.41) is 0. The van der Waals surface area contributed by atoms with Crippen molar-refractivity contribution in [3.05, 3.63) is 22.8 Å². The maximum absolute atomic E-state index is 2.70. The Morgan fingerprint density at radius 2 is 1.81 bits per heavy atom.